The van der Waals surface area contributed by atoms with Crippen molar-refractivity contribution < 1.29 is 39.1 Å². The van der Waals surface area contributed by atoms with Crippen molar-refractivity contribution in [3.63, 3.8) is 0 Å². The van der Waals surface area contributed by atoms with Gasteiger partial charge in [-0.1, -0.05) is 20.3 Å². The van der Waals surface area contributed by atoms with Gasteiger partial charge in [0.1, 0.15) is 18.1 Å². The second-order valence-corrected chi connectivity index (χ2v) is 10.7. The molecule has 4 amide bonds. The van der Waals surface area contributed by atoms with E-state index in [1.807, 2.05) is 6.92 Å². The van der Waals surface area contributed by atoms with Crippen LogP contribution in [0.1, 0.15) is 70.9 Å². The minimum Gasteiger partial charge on any atom is -0.481 e. The number of hydrogen-bond donors (Lipinski definition) is 8. The van der Waals surface area contributed by atoms with Gasteiger partial charge in [-0.15, -0.1) is 0 Å². The van der Waals surface area contributed by atoms with E-state index in [0.29, 0.717) is 50.9 Å². The van der Waals surface area contributed by atoms with Gasteiger partial charge in [0.05, 0.1) is 18.7 Å². The summed E-state index contributed by atoms with van der Waals surface area (Å²) >= 11 is 0. The Labute approximate surface area is 245 Å². The third-order valence-electron chi connectivity index (χ3n) is 7.48. The number of hydrogen-bond acceptors (Lipinski definition) is 9. The smallest absolute Gasteiger partial charge is 0.475 e. The molecule has 0 radical (unpaired) electrons. The maximum Gasteiger partial charge on any atom is 0.475 e. The summed E-state index contributed by atoms with van der Waals surface area (Å²) in [7, 11) is -1.73. The number of carbonyl (C=O) groups is 5. The lowest BCUT2D eigenvalue weighted by atomic mass is 9.77. The number of amides is 4. The Morgan fingerprint density at radius 1 is 1.12 bits per heavy atom. The molecule has 2 rings (SSSR count). The highest BCUT2D eigenvalue weighted by molar-refractivity contribution is 6.43. The first-order valence-electron chi connectivity index (χ1n) is 14.4. The Morgan fingerprint density at radius 3 is 2.45 bits per heavy atom. The summed E-state index contributed by atoms with van der Waals surface area (Å²) in [4.78, 5) is 72.0. The van der Waals surface area contributed by atoms with E-state index in [9.17, 15) is 34.0 Å². The predicted molar refractivity (Wildman–Crippen MR) is 152 cm³/mol. The number of rotatable bonds is 18. The van der Waals surface area contributed by atoms with Crippen LogP contribution in [0.2, 0.25) is 0 Å². The number of aromatic nitrogens is 2. The summed E-state index contributed by atoms with van der Waals surface area (Å²) < 4.78 is 0. The zero-order valence-corrected chi connectivity index (χ0v) is 24.3. The lowest BCUT2D eigenvalue weighted by Crippen LogP contribution is -2.60. The molecule has 1 aliphatic heterocycles. The molecule has 2 heterocycles. The van der Waals surface area contributed by atoms with Gasteiger partial charge >= 0.3 is 13.1 Å². The molecule has 0 aliphatic carbocycles. The number of nitrogens with two attached hydrogens (primary N) is 1. The average Bonchev–Trinajstić information content (AvgIpc) is 3.65. The minimum atomic E-state index is -1.73. The van der Waals surface area contributed by atoms with Crippen molar-refractivity contribution in [1.82, 2.24) is 30.8 Å². The highest BCUT2D eigenvalue weighted by Gasteiger charge is 2.41. The topological polar surface area (TPSA) is 240 Å². The van der Waals surface area contributed by atoms with Gasteiger partial charge in [0.25, 0.3) is 0 Å². The lowest BCUT2D eigenvalue weighted by Gasteiger charge is -2.31. The number of unbranched alkanes of at least 4 members (excludes halogenated alkanes) is 1. The molecule has 0 bridgehead atoms. The zero-order valence-electron chi connectivity index (χ0n) is 24.3. The van der Waals surface area contributed by atoms with Gasteiger partial charge in [0, 0.05) is 31.3 Å². The number of likely N-dealkylation sites (tertiary alicyclic amines) is 1. The van der Waals surface area contributed by atoms with Gasteiger partial charge in [0.2, 0.25) is 23.6 Å². The van der Waals surface area contributed by atoms with Crippen LogP contribution in [-0.2, 0) is 30.4 Å². The van der Waals surface area contributed by atoms with Gasteiger partial charge in [0.15, 0.2) is 0 Å². The van der Waals surface area contributed by atoms with Crippen LogP contribution in [0, 0.1) is 5.92 Å². The summed E-state index contributed by atoms with van der Waals surface area (Å²) in [6.07, 6.45) is 5.15. The largest absolute Gasteiger partial charge is 0.481 e. The van der Waals surface area contributed by atoms with Crippen molar-refractivity contribution in [2.45, 2.75) is 95.7 Å². The number of carboxylic acid groups (broad SMARTS) is 1. The quantitative estimate of drug-likeness (QED) is 0.0720. The number of nitrogens with one attached hydrogen (secondary N) is 4. The van der Waals surface area contributed by atoms with E-state index < -0.39 is 67.2 Å². The van der Waals surface area contributed by atoms with Crippen LogP contribution in [0.5, 0.6) is 0 Å². The number of H-pyrrole nitrogens is 1. The molecule has 1 aromatic heterocycles. The van der Waals surface area contributed by atoms with E-state index in [2.05, 4.69) is 25.9 Å². The monoisotopic (exact) mass is 593 g/mol. The third kappa shape index (κ3) is 10.7. The van der Waals surface area contributed by atoms with E-state index in [1.54, 1.807) is 6.92 Å². The highest BCUT2D eigenvalue weighted by atomic mass is 16.4. The lowest BCUT2D eigenvalue weighted by molar-refractivity contribution is -0.139. The average molecular weight is 593 g/mol. The molecular weight excluding hydrogens is 549 g/mol. The molecule has 5 atom stereocenters. The first kappa shape index (κ1) is 34.7. The summed E-state index contributed by atoms with van der Waals surface area (Å²) in [5, 5.41) is 36.5. The van der Waals surface area contributed by atoms with Crippen LogP contribution in [0.15, 0.2) is 12.5 Å². The van der Waals surface area contributed by atoms with E-state index in [-0.39, 0.29) is 25.2 Å². The fraction of sp³-hybridized carbons (Fsp3) is 0.692. The molecule has 1 fully saturated rings. The number of carbonyl (C=O) groups excluding carboxylic acids is 4. The van der Waals surface area contributed by atoms with Crippen molar-refractivity contribution >= 4 is 36.7 Å². The van der Waals surface area contributed by atoms with Gasteiger partial charge in [-0.25, -0.2) is 4.98 Å². The van der Waals surface area contributed by atoms with Gasteiger partial charge in [-0.3, -0.25) is 24.0 Å². The number of carboxylic acids is 1. The molecular formula is C26H44BN7O8. The standard InChI is InChI=1S/C26H44BN7O8/c1-3-16(2)23(33-24(38)18(7-4-5-11-28)31-21(35)9-10-22(36)37)25(39)32-19(13-17-14-29-15-30-17)26(40)34-12-6-8-20(34)27(41)42/h14-16,18-20,23,41-42H,3-13,28H2,1-2H3,(H,29,30)(H,31,35)(H,32,39)(H,33,38)(H,36,37)/t16-,18-,19-,20-,23-/m0/s1. The molecule has 1 aliphatic rings. The van der Waals surface area contributed by atoms with Crippen molar-refractivity contribution in [1.29, 1.82) is 0 Å². The van der Waals surface area contributed by atoms with Gasteiger partial charge < -0.3 is 46.7 Å². The molecule has 0 spiro atoms. The summed E-state index contributed by atoms with van der Waals surface area (Å²) in [6, 6.07) is -3.17. The maximum atomic E-state index is 13.6. The van der Waals surface area contributed by atoms with Crippen LogP contribution in [-0.4, -0.2) is 104 Å². The van der Waals surface area contributed by atoms with Crippen LogP contribution >= 0.6 is 0 Å². The summed E-state index contributed by atoms with van der Waals surface area (Å²) in [5.41, 5.74) is 6.14. The van der Waals surface area contributed by atoms with Crippen molar-refractivity contribution in [3.05, 3.63) is 18.2 Å². The molecule has 0 unspecified atom stereocenters. The second-order valence-electron chi connectivity index (χ2n) is 10.7. The molecule has 1 aromatic rings. The normalized spacial score (nSPS) is 17.5. The predicted octanol–water partition coefficient (Wildman–Crippen LogP) is -1.55. The Morgan fingerprint density at radius 2 is 1.86 bits per heavy atom. The molecule has 42 heavy (non-hydrogen) atoms. The Kier molecular flexibility index (Phi) is 14.4. The highest BCUT2D eigenvalue weighted by Crippen LogP contribution is 2.20. The van der Waals surface area contributed by atoms with Crippen molar-refractivity contribution in [2.75, 3.05) is 13.1 Å². The molecule has 1 saturated heterocycles. The SMILES string of the molecule is CC[C@H](C)[C@H](NC(=O)[C@H](CCCCN)NC(=O)CCC(=O)O)C(=O)N[C@@H](Cc1cnc[nH]1)C(=O)N1CCC[C@H]1B(O)O. The number of aromatic amines is 1. The first-order chi connectivity index (χ1) is 20.0. The van der Waals surface area contributed by atoms with Gasteiger partial charge in [-0.2, -0.15) is 0 Å². The van der Waals surface area contributed by atoms with E-state index in [1.165, 1.54) is 17.4 Å². The molecule has 9 N–H and O–H groups in total. The Balaban J connectivity index is 2.23. The molecule has 234 valence electrons. The second kappa shape index (κ2) is 17.5. The summed E-state index contributed by atoms with van der Waals surface area (Å²) in [6.45, 7) is 4.29. The van der Waals surface area contributed by atoms with Crippen LogP contribution in [0.3, 0.4) is 0 Å². The third-order valence-corrected chi connectivity index (χ3v) is 7.48. The fourth-order valence-corrected chi connectivity index (χ4v) is 4.86. The molecule has 16 heteroatoms. The Bertz CT molecular complexity index is 1040. The molecule has 15 nitrogen and oxygen atoms in total. The number of imidazole rings is 1. The van der Waals surface area contributed by atoms with Crippen molar-refractivity contribution in [2.24, 2.45) is 11.7 Å². The Hall–Kier alpha value is -3.50. The van der Waals surface area contributed by atoms with Crippen LogP contribution in [0.25, 0.3) is 0 Å². The molecule has 0 aromatic carbocycles. The van der Waals surface area contributed by atoms with Crippen LogP contribution in [0.4, 0.5) is 0 Å². The number of aliphatic carboxylic acids is 1. The van der Waals surface area contributed by atoms with E-state index in [0.717, 1.165) is 0 Å². The maximum absolute atomic E-state index is 13.6. The van der Waals surface area contributed by atoms with E-state index in [4.69, 9.17) is 10.8 Å². The van der Waals surface area contributed by atoms with Crippen molar-refractivity contribution in [3.8, 4) is 0 Å². The summed E-state index contributed by atoms with van der Waals surface area (Å²) in [5.74, 6) is -4.63. The van der Waals surface area contributed by atoms with Crippen LogP contribution < -0.4 is 21.7 Å². The number of nitrogens with zero attached hydrogens (tertiary/aromatic N) is 2. The van der Waals surface area contributed by atoms with Gasteiger partial charge in [-0.05, 0) is 44.6 Å². The minimum absolute atomic E-state index is 0.0534. The zero-order chi connectivity index (χ0) is 31.2. The fourth-order valence-electron chi connectivity index (χ4n) is 4.86. The van der Waals surface area contributed by atoms with E-state index >= 15 is 0 Å². The first-order valence-corrected chi connectivity index (χ1v) is 14.4. The molecule has 0 saturated carbocycles.